The van der Waals surface area contributed by atoms with Crippen LogP contribution in [0.5, 0.6) is 5.75 Å². The van der Waals surface area contributed by atoms with Crippen molar-refractivity contribution in [3.63, 3.8) is 0 Å². The van der Waals surface area contributed by atoms with Gasteiger partial charge in [0.2, 0.25) is 0 Å². The van der Waals surface area contributed by atoms with Gasteiger partial charge in [0.15, 0.2) is 0 Å². The lowest BCUT2D eigenvalue weighted by molar-refractivity contribution is 0.414. The van der Waals surface area contributed by atoms with E-state index in [1.54, 1.807) is 7.11 Å². The molecule has 71 valence electrons. The second-order valence-electron chi connectivity index (χ2n) is 3.56. The third-order valence-corrected chi connectivity index (χ3v) is 2.07. The van der Waals surface area contributed by atoms with Gasteiger partial charge in [0.05, 0.1) is 7.11 Å². The van der Waals surface area contributed by atoms with Gasteiger partial charge in [0, 0.05) is 0 Å². The van der Waals surface area contributed by atoms with Gasteiger partial charge in [0.25, 0.3) is 0 Å². The zero-order valence-electron chi connectivity index (χ0n) is 8.63. The highest BCUT2D eigenvalue weighted by Gasteiger charge is 1.97. The van der Waals surface area contributed by atoms with E-state index in [1.807, 2.05) is 12.1 Å². The Labute approximate surface area is 80.7 Å². The third-order valence-electron chi connectivity index (χ3n) is 2.07. The fraction of sp³-hybridized carbons (Fsp3) is 0.417. The monoisotopic (exact) mass is 177 g/mol. The molecule has 1 rings (SSSR count). The van der Waals surface area contributed by atoms with E-state index in [2.05, 4.69) is 26.0 Å². The molecule has 1 heteroatoms. The maximum absolute atomic E-state index is 5.09. The molecule has 1 nitrogen and oxygen atoms in total. The lowest BCUT2D eigenvalue weighted by atomic mass is 10.0. The zero-order chi connectivity index (χ0) is 9.68. The van der Waals surface area contributed by atoms with Gasteiger partial charge in [-0.1, -0.05) is 26.0 Å². The molecule has 1 aromatic carbocycles. The quantitative estimate of drug-likeness (QED) is 0.686. The van der Waals surface area contributed by atoms with E-state index in [0.29, 0.717) is 0 Å². The number of aryl methyl sites for hydroxylation is 1. The van der Waals surface area contributed by atoms with E-state index < -0.39 is 0 Å². The van der Waals surface area contributed by atoms with Crippen molar-refractivity contribution in [2.24, 2.45) is 0 Å². The molecule has 0 unspecified atom stereocenters. The van der Waals surface area contributed by atoms with E-state index in [4.69, 9.17) is 4.74 Å². The summed E-state index contributed by atoms with van der Waals surface area (Å²) >= 11 is 0. The summed E-state index contributed by atoms with van der Waals surface area (Å²) in [6.07, 6.45) is 2.30. The van der Waals surface area contributed by atoms with Crippen LogP contribution in [0.15, 0.2) is 24.3 Å². The van der Waals surface area contributed by atoms with Crippen molar-refractivity contribution in [2.45, 2.75) is 26.7 Å². The smallest absolute Gasteiger partial charge is 0.118 e. The highest BCUT2D eigenvalue weighted by atomic mass is 16.5. The van der Waals surface area contributed by atoms with Crippen LogP contribution in [0.4, 0.5) is 0 Å². The molecule has 0 fully saturated rings. The summed E-state index contributed by atoms with van der Waals surface area (Å²) < 4.78 is 5.09. The lowest BCUT2D eigenvalue weighted by Gasteiger charge is -2.05. The van der Waals surface area contributed by atoms with Gasteiger partial charge in [-0.2, -0.15) is 0 Å². The van der Waals surface area contributed by atoms with Crippen LogP contribution >= 0.6 is 0 Å². The Balaban J connectivity index is 2.49. The molecule has 0 bridgehead atoms. The summed E-state index contributed by atoms with van der Waals surface area (Å²) in [5.41, 5.74) is 1.38. The SMILES string of the molecule is COc1ccc(CC[C](C)C)cc1. The molecule has 1 radical (unpaired) electrons. The normalized spacial score (nSPS) is 10.5. The Kier molecular flexibility index (Phi) is 3.81. The van der Waals surface area contributed by atoms with Gasteiger partial charge >= 0.3 is 0 Å². The van der Waals surface area contributed by atoms with E-state index in [-0.39, 0.29) is 0 Å². The molecule has 0 spiro atoms. The molecule has 0 heterocycles. The first-order valence-corrected chi connectivity index (χ1v) is 4.64. The maximum Gasteiger partial charge on any atom is 0.118 e. The maximum atomic E-state index is 5.09. The topological polar surface area (TPSA) is 9.23 Å². The highest BCUT2D eigenvalue weighted by Crippen LogP contribution is 2.14. The number of hydrogen-bond acceptors (Lipinski definition) is 1. The van der Waals surface area contributed by atoms with Crippen LogP contribution in [0, 0.1) is 5.92 Å². The van der Waals surface area contributed by atoms with Gasteiger partial charge in [-0.15, -0.1) is 0 Å². The summed E-state index contributed by atoms with van der Waals surface area (Å²) in [4.78, 5) is 0. The van der Waals surface area contributed by atoms with Crippen LogP contribution < -0.4 is 4.74 Å². The van der Waals surface area contributed by atoms with Crippen molar-refractivity contribution in [3.8, 4) is 5.75 Å². The third kappa shape index (κ3) is 3.49. The van der Waals surface area contributed by atoms with Crippen LogP contribution in [-0.4, -0.2) is 7.11 Å². The molecule has 0 aliphatic carbocycles. The molecule has 0 aliphatic rings. The molecule has 0 amide bonds. The lowest BCUT2D eigenvalue weighted by Crippen LogP contribution is -1.90. The number of rotatable bonds is 4. The van der Waals surface area contributed by atoms with E-state index >= 15 is 0 Å². The van der Waals surface area contributed by atoms with E-state index in [9.17, 15) is 0 Å². The molecule has 0 N–H and O–H groups in total. The molecule has 1 aromatic rings. The predicted molar refractivity (Wildman–Crippen MR) is 55.9 cm³/mol. The van der Waals surface area contributed by atoms with Crippen molar-refractivity contribution >= 4 is 0 Å². The molecule has 0 aliphatic heterocycles. The number of ether oxygens (including phenoxy) is 1. The Bertz CT molecular complexity index is 236. The van der Waals surface area contributed by atoms with Crippen molar-refractivity contribution in [2.75, 3.05) is 7.11 Å². The van der Waals surface area contributed by atoms with Crippen molar-refractivity contribution in [1.29, 1.82) is 0 Å². The van der Waals surface area contributed by atoms with Crippen LogP contribution in [0.2, 0.25) is 0 Å². The minimum Gasteiger partial charge on any atom is -0.497 e. The van der Waals surface area contributed by atoms with Crippen molar-refractivity contribution in [3.05, 3.63) is 35.7 Å². The molecule has 0 atom stereocenters. The van der Waals surface area contributed by atoms with Crippen LogP contribution in [-0.2, 0) is 6.42 Å². The molecule has 0 saturated carbocycles. The second-order valence-corrected chi connectivity index (χ2v) is 3.56. The Morgan fingerprint density at radius 3 is 2.23 bits per heavy atom. The molecule has 13 heavy (non-hydrogen) atoms. The second kappa shape index (κ2) is 4.90. The summed E-state index contributed by atoms with van der Waals surface area (Å²) in [6.45, 7) is 4.34. The first kappa shape index (κ1) is 10.1. The summed E-state index contributed by atoms with van der Waals surface area (Å²) in [5, 5.41) is 0. The average Bonchev–Trinajstić information content (AvgIpc) is 2.15. The largest absolute Gasteiger partial charge is 0.497 e. The van der Waals surface area contributed by atoms with Crippen molar-refractivity contribution < 1.29 is 4.74 Å². The molecule has 0 aromatic heterocycles. The van der Waals surface area contributed by atoms with Gasteiger partial charge < -0.3 is 4.74 Å². The minimum atomic E-state index is 0.931. The summed E-state index contributed by atoms with van der Waals surface area (Å²) in [5.74, 6) is 2.41. The highest BCUT2D eigenvalue weighted by molar-refractivity contribution is 5.27. The summed E-state index contributed by atoms with van der Waals surface area (Å²) in [7, 11) is 1.69. The summed E-state index contributed by atoms with van der Waals surface area (Å²) in [6, 6.07) is 8.28. The van der Waals surface area contributed by atoms with E-state index in [0.717, 1.165) is 12.2 Å². The molecular formula is C12H17O. The van der Waals surface area contributed by atoms with Crippen LogP contribution in [0.1, 0.15) is 25.8 Å². The van der Waals surface area contributed by atoms with Gasteiger partial charge in [-0.3, -0.25) is 0 Å². The first-order valence-electron chi connectivity index (χ1n) is 4.64. The number of hydrogen-bond donors (Lipinski definition) is 0. The van der Waals surface area contributed by atoms with Crippen LogP contribution in [0.25, 0.3) is 0 Å². The van der Waals surface area contributed by atoms with E-state index in [1.165, 1.54) is 17.9 Å². The van der Waals surface area contributed by atoms with Gasteiger partial charge in [-0.25, -0.2) is 0 Å². The van der Waals surface area contributed by atoms with Gasteiger partial charge in [-0.05, 0) is 36.5 Å². The molecule has 0 saturated heterocycles. The van der Waals surface area contributed by atoms with Crippen LogP contribution in [0.3, 0.4) is 0 Å². The Morgan fingerprint density at radius 1 is 1.15 bits per heavy atom. The number of methoxy groups -OCH3 is 1. The first-order chi connectivity index (χ1) is 6.22. The standard InChI is InChI=1S/C12H17O/c1-10(2)4-5-11-6-8-12(13-3)9-7-11/h6-9H,4-5H2,1-3H3. The Morgan fingerprint density at radius 2 is 1.77 bits per heavy atom. The minimum absolute atomic E-state index is 0.931. The molecular weight excluding hydrogens is 160 g/mol. The average molecular weight is 177 g/mol. The van der Waals surface area contributed by atoms with Crippen molar-refractivity contribution in [1.82, 2.24) is 0 Å². The predicted octanol–water partition coefficient (Wildman–Crippen LogP) is 3.24. The zero-order valence-corrected chi connectivity index (χ0v) is 8.63. The fourth-order valence-corrected chi connectivity index (χ4v) is 1.19. The van der Waals surface area contributed by atoms with Gasteiger partial charge in [0.1, 0.15) is 5.75 Å². The fourth-order valence-electron chi connectivity index (χ4n) is 1.19. The Hall–Kier alpha value is -0.980. The number of benzene rings is 1.